The van der Waals surface area contributed by atoms with Crippen LogP contribution in [0.4, 0.5) is 0 Å². The summed E-state index contributed by atoms with van der Waals surface area (Å²) in [6.07, 6.45) is 0. The van der Waals surface area contributed by atoms with E-state index in [1.165, 1.54) is 5.56 Å². The predicted molar refractivity (Wildman–Crippen MR) is 84.5 cm³/mol. The van der Waals surface area contributed by atoms with Crippen LogP contribution < -0.4 is 5.32 Å². The Balaban J connectivity index is 2.06. The topological polar surface area (TPSA) is 42.2 Å². The minimum absolute atomic E-state index is 0.0861. The molecule has 0 aliphatic heterocycles. The molecule has 0 fully saturated rings. The Morgan fingerprint density at radius 1 is 1.10 bits per heavy atom. The van der Waals surface area contributed by atoms with E-state index in [0.717, 1.165) is 11.5 Å². The summed E-state index contributed by atoms with van der Waals surface area (Å²) in [4.78, 5) is 12.2. The van der Waals surface area contributed by atoms with Crippen molar-refractivity contribution in [3.63, 3.8) is 0 Å². The van der Waals surface area contributed by atoms with Crippen molar-refractivity contribution in [2.45, 2.75) is 46.1 Å². The molecule has 1 aromatic heterocycles. The smallest absolute Gasteiger partial charge is 0.251 e. The largest absolute Gasteiger partial charge is 0.464 e. The first-order valence-electron chi connectivity index (χ1n) is 7.25. The van der Waals surface area contributed by atoms with E-state index in [-0.39, 0.29) is 17.4 Å². The summed E-state index contributed by atoms with van der Waals surface area (Å²) in [7, 11) is 0. The van der Waals surface area contributed by atoms with Crippen LogP contribution in [-0.4, -0.2) is 5.91 Å². The molecule has 0 saturated carbocycles. The third-order valence-electron chi connectivity index (χ3n) is 3.55. The highest BCUT2D eigenvalue weighted by Crippen LogP contribution is 2.22. The van der Waals surface area contributed by atoms with Gasteiger partial charge < -0.3 is 9.73 Å². The predicted octanol–water partition coefficient (Wildman–Crippen LogP) is 4.38. The normalized spacial score (nSPS) is 13.0. The van der Waals surface area contributed by atoms with Crippen LogP contribution in [0.15, 0.2) is 40.8 Å². The second-order valence-electron chi connectivity index (χ2n) is 6.47. The van der Waals surface area contributed by atoms with E-state index in [0.29, 0.717) is 5.56 Å². The molecule has 0 bridgehead atoms. The van der Waals surface area contributed by atoms with Crippen molar-refractivity contribution in [3.8, 4) is 0 Å². The van der Waals surface area contributed by atoms with E-state index in [1.54, 1.807) is 0 Å². The number of hydrogen-bond acceptors (Lipinski definition) is 2. The van der Waals surface area contributed by atoms with Crippen molar-refractivity contribution in [1.29, 1.82) is 0 Å². The summed E-state index contributed by atoms with van der Waals surface area (Å²) in [5.74, 6) is 1.53. The first-order chi connectivity index (χ1) is 9.77. The van der Waals surface area contributed by atoms with Gasteiger partial charge in [-0.2, -0.15) is 0 Å². The highest BCUT2D eigenvalue weighted by molar-refractivity contribution is 5.94. The van der Waals surface area contributed by atoms with Gasteiger partial charge in [0.2, 0.25) is 0 Å². The molecule has 1 aromatic carbocycles. The molecule has 21 heavy (non-hydrogen) atoms. The number of rotatable bonds is 3. The first kappa shape index (κ1) is 15.4. The van der Waals surface area contributed by atoms with Gasteiger partial charge in [-0.05, 0) is 49.1 Å². The zero-order valence-electron chi connectivity index (χ0n) is 13.4. The Morgan fingerprint density at radius 3 is 2.19 bits per heavy atom. The molecule has 1 heterocycles. The molecule has 1 unspecified atom stereocenters. The first-order valence-corrected chi connectivity index (χ1v) is 7.25. The summed E-state index contributed by atoms with van der Waals surface area (Å²) in [6.45, 7) is 10.3. The van der Waals surface area contributed by atoms with Gasteiger partial charge >= 0.3 is 0 Å². The van der Waals surface area contributed by atoms with Crippen molar-refractivity contribution in [1.82, 2.24) is 5.32 Å². The molecule has 0 aliphatic rings. The fourth-order valence-electron chi connectivity index (χ4n) is 2.16. The highest BCUT2D eigenvalue weighted by Gasteiger charge is 2.16. The number of benzene rings is 1. The van der Waals surface area contributed by atoms with Crippen molar-refractivity contribution in [2.24, 2.45) is 0 Å². The molecule has 1 amide bonds. The van der Waals surface area contributed by atoms with Gasteiger partial charge in [0, 0.05) is 5.56 Å². The highest BCUT2D eigenvalue weighted by atomic mass is 16.3. The van der Waals surface area contributed by atoms with Crippen LogP contribution in [0.2, 0.25) is 0 Å². The zero-order valence-corrected chi connectivity index (χ0v) is 13.4. The molecule has 0 spiro atoms. The van der Waals surface area contributed by atoms with E-state index in [1.807, 2.05) is 50.2 Å². The fraction of sp³-hybridized carbons (Fsp3) is 0.389. The van der Waals surface area contributed by atoms with Gasteiger partial charge in [0.25, 0.3) is 5.91 Å². The van der Waals surface area contributed by atoms with Crippen molar-refractivity contribution >= 4 is 5.91 Å². The van der Waals surface area contributed by atoms with Gasteiger partial charge in [-0.15, -0.1) is 0 Å². The lowest BCUT2D eigenvalue weighted by Crippen LogP contribution is -2.26. The molecule has 3 nitrogen and oxygen atoms in total. The van der Waals surface area contributed by atoms with E-state index in [2.05, 4.69) is 26.1 Å². The minimum atomic E-state index is -0.145. The quantitative estimate of drug-likeness (QED) is 0.909. The lowest BCUT2D eigenvalue weighted by molar-refractivity contribution is 0.0935. The van der Waals surface area contributed by atoms with Gasteiger partial charge in [0.05, 0.1) is 6.04 Å². The molecule has 2 aromatic rings. The average Bonchev–Trinajstić information content (AvgIpc) is 2.84. The fourth-order valence-corrected chi connectivity index (χ4v) is 2.16. The maximum Gasteiger partial charge on any atom is 0.251 e. The Kier molecular flexibility index (Phi) is 4.21. The van der Waals surface area contributed by atoms with Gasteiger partial charge in [-0.3, -0.25) is 4.79 Å². The molecule has 1 N–H and O–H groups in total. The van der Waals surface area contributed by atoms with Crippen LogP contribution in [0, 0.1) is 6.92 Å². The monoisotopic (exact) mass is 285 g/mol. The Labute approximate surface area is 126 Å². The Morgan fingerprint density at radius 2 is 1.71 bits per heavy atom. The average molecular weight is 285 g/mol. The zero-order chi connectivity index (χ0) is 15.6. The molecule has 0 radical (unpaired) electrons. The molecule has 2 rings (SSSR count). The van der Waals surface area contributed by atoms with Gasteiger partial charge in [0.1, 0.15) is 11.5 Å². The number of carbonyl (C=O) groups is 1. The number of hydrogen-bond donors (Lipinski definition) is 1. The summed E-state index contributed by atoms with van der Waals surface area (Å²) < 4.78 is 5.53. The van der Waals surface area contributed by atoms with Crippen molar-refractivity contribution < 1.29 is 9.21 Å². The van der Waals surface area contributed by atoms with Crippen LogP contribution >= 0.6 is 0 Å². The number of furan rings is 1. The SMILES string of the molecule is Cc1ccc(C(C)NC(=O)c2ccc(C(C)(C)C)cc2)o1. The van der Waals surface area contributed by atoms with Crippen LogP contribution in [0.1, 0.15) is 61.2 Å². The van der Waals surface area contributed by atoms with Crippen LogP contribution in [0.25, 0.3) is 0 Å². The third-order valence-corrected chi connectivity index (χ3v) is 3.55. The summed E-state index contributed by atoms with van der Waals surface area (Å²) in [5.41, 5.74) is 1.97. The van der Waals surface area contributed by atoms with Crippen LogP contribution in [0.3, 0.4) is 0 Å². The maximum absolute atomic E-state index is 12.2. The second kappa shape index (κ2) is 5.76. The number of aryl methyl sites for hydroxylation is 1. The summed E-state index contributed by atoms with van der Waals surface area (Å²) in [6, 6.07) is 11.4. The van der Waals surface area contributed by atoms with Gasteiger partial charge in [-0.1, -0.05) is 32.9 Å². The lowest BCUT2D eigenvalue weighted by atomic mass is 9.86. The molecular formula is C18H23NO2. The van der Waals surface area contributed by atoms with Crippen LogP contribution in [-0.2, 0) is 5.41 Å². The molecule has 0 saturated heterocycles. The van der Waals surface area contributed by atoms with Gasteiger partial charge in [0.15, 0.2) is 0 Å². The summed E-state index contributed by atoms with van der Waals surface area (Å²) in [5, 5.41) is 2.95. The van der Waals surface area contributed by atoms with E-state index in [9.17, 15) is 4.79 Å². The Hall–Kier alpha value is -2.03. The molecule has 0 aliphatic carbocycles. The maximum atomic E-state index is 12.2. The van der Waals surface area contributed by atoms with Crippen molar-refractivity contribution in [3.05, 3.63) is 59.0 Å². The minimum Gasteiger partial charge on any atom is -0.464 e. The number of amides is 1. The van der Waals surface area contributed by atoms with E-state index in [4.69, 9.17) is 4.42 Å². The van der Waals surface area contributed by atoms with Crippen LogP contribution in [0.5, 0.6) is 0 Å². The number of nitrogens with one attached hydrogen (secondary N) is 1. The molecule has 3 heteroatoms. The molecule has 1 atom stereocenters. The Bertz CT molecular complexity index is 617. The number of carbonyl (C=O) groups excluding carboxylic acids is 1. The molecular weight excluding hydrogens is 262 g/mol. The van der Waals surface area contributed by atoms with Gasteiger partial charge in [-0.25, -0.2) is 0 Å². The lowest BCUT2D eigenvalue weighted by Gasteiger charge is -2.19. The second-order valence-corrected chi connectivity index (χ2v) is 6.47. The summed E-state index contributed by atoms with van der Waals surface area (Å²) >= 11 is 0. The van der Waals surface area contributed by atoms with E-state index >= 15 is 0 Å². The third kappa shape index (κ3) is 3.75. The standard InChI is InChI=1S/C18H23NO2/c1-12-6-11-16(21-12)13(2)19-17(20)14-7-9-15(10-8-14)18(3,4)5/h6-11,13H,1-5H3,(H,19,20). The van der Waals surface area contributed by atoms with E-state index < -0.39 is 0 Å². The molecule has 112 valence electrons. The van der Waals surface area contributed by atoms with Crippen molar-refractivity contribution in [2.75, 3.05) is 0 Å².